The highest BCUT2D eigenvalue weighted by atomic mass is 19.1. The molecule has 27 heteroatoms. The number of nitrogens with one attached hydrogen (secondary N) is 6. The molecule has 0 spiro atoms. The van der Waals surface area contributed by atoms with Crippen LogP contribution in [0.15, 0.2) is 72.9 Å². The number of primary amides is 1. The fourth-order valence-corrected chi connectivity index (χ4v) is 8.35. The van der Waals surface area contributed by atoms with Crippen LogP contribution in [0.25, 0.3) is 11.1 Å². The van der Waals surface area contributed by atoms with Crippen molar-refractivity contribution in [2.45, 2.75) is 96.6 Å². The molecule has 11 N–H and O–H groups in total. The molecule has 25 nitrogen and oxygen atoms in total. The van der Waals surface area contributed by atoms with E-state index in [1.165, 1.54) is 4.90 Å². The van der Waals surface area contributed by atoms with Crippen molar-refractivity contribution in [1.82, 2.24) is 46.3 Å². The predicted octanol–water partition coefficient (Wildman–Crippen LogP) is -0.889. The van der Waals surface area contributed by atoms with Gasteiger partial charge in [0.2, 0.25) is 47.3 Å². The lowest BCUT2D eigenvalue weighted by Crippen LogP contribution is -2.58. The summed E-state index contributed by atoms with van der Waals surface area (Å²) in [7, 11) is 0. The maximum absolute atomic E-state index is 15.4. The Morgan fingerprint density at radius 2 is 1.29 bits per heavy atom. The van der Waals surface area contributed by atoms with E-state index in [0.717, 1.165) is 42.8 Å². The summed E-state index contributed by atoms with van der Waals surface area (Å²) in [6.45, 7) is 3.17. The van der Waals surface area contributed by atoms with Crippen molar-refractivity contribution < 1.29 is 81.6 Å². The molecule has 0 saturated heterocycles. The lowest BCUT2D eigenvalue weighted by molar-refractivity contribution is -0.142. The highest BCUT2D eigenvalue weighted by Gasteiger charge is 2.39. The number of rotatable bonds is 29. The van der Waals surface area contributed by atoms with Crippen molar-refractivity contribution in [3.05, 3.63) is 95.8 Å². The van der Waals surface area contributed by atoms with E-state index >= 15 is 4.39 Å². The van der Waals surface area contributed by atoms with Gasteiger partial charge in [0.15, 0.2) is 0 Å². The minimum Gasteiger partial charge on any atom is -0.481 e. The van der Waals surface area contributed by atoms with Crippen molar-refractivity contribution in [1.29, 1.82) is 0 Å². The Bertz CT molecular complexity index is 2770. The molecule has 1 aliphatic rings. The molecule has 5 atom stereocenters. The average molecular weight is 1090 g/mol. The zero-order chi connectivity index (χ0) is 58.0. The number of nitrogens with zero attached hydrogens (tertiary/aromatic N) is 3. The third-order valence-electron chi connectivity index (χ3n) is 11.9. The van der Waals surface area contributed by atoms with Crippen LogP contribution in [0.5, 0.6) is 0 Å². The van der Waals surface area contributed by atoms with Gasteiger partial charge in [0.1, 0.15) is 49.0 Å². The van der Waals surface area contributed by atoms with Crippen LogP contribution in [0.2, 0.25) is 0 Å². The SMILES string of the molecule is CC(=O)N[C@H](CC(=O)O)C(=O)N[C@@H](CC(N)=O)C(=O)N[C@@H](CCN(C(=O)CO)[C@@H](c1cc(-c2cc(F)ccc2F)cn1Cc1ccccc1)C(C)(C)C)C(=O)NCCNC(=O)[C@@H](CCC(=O)O)NC(=O)CN1C(=O)C=CC1=O. The van der Waals surface area contributed by atoms with Crippen molar-refractivity contribution in [2.24, 2.45) is 11.1 Å². The van der Waals surface area contributed by atoms with Gasteiger partial charge in [-0.3, -0.25) is 62.4 Å². The second kappa shape index (κ2) is 28.3. The fraction of sp³-hybridized carbons (Fsp3) is 0.412. The van der Waals surface area contributed by atoms with E-state index in [2.05, 4.69) is 31.9 Å². The molecule has 10 amide bonds. The number of aromatic nitrogens is 1. The first-order valence-electron chi connectivity index (χ1n) is 24.3. The van der Waals surface area contributed by atoms with Crippen molar-refractivity contribution in [3.63, 3.8) is 0 Å². The summed E-state index contributed by atoms with van der Waals surface area (Å²) in [6, 6.07) is 5.46. The van der Waals surface area contributed by atoms with Gasteiger partial charge in [0.05, 0.1) is 18.9 Å². The van der Waals surface area contributed by atoms with E-state index in [9.17, 15) is 77.2 Å². The molecule has 1 aliphatic heterocycles. The van der Waals surface area contributed by atoms with Crippen LogP contribution in [0.4, 0.5) is 8.78 Å². The molecule has 2 heterocycles. The van der Waals surface area contributed by atoms with Crippen LogP contribution in [-0.2, 0) is 64.1 Å². The summed E-state index contributed by atoms with van der Waals surface area (Å²) < 4.78 is 31.7. The van der Waals surface area contributed by atoms with E-state index < -0.39 is 183 Å². The topological polar surface area (TPSA) is 375 Å². The standard InChI is InChI=1S/C51H62F2N10O15/c1-28(65)57-37(23-45(73)74)50(78)60-36(22-39(54)66)49(77)59-35(48(76)56-18-17-55-47(75)34(12-15-44(71)72)58-40(67)26-63-41(68)13-14-42(63)69)16-19-62(43(70)27-64)46(51(2,3)4)38-20-30(32-21-31(52)10-11-33(32)53)25-61(38)24-29-8-6-5-7-9-29/h5-11,13-14,20-21,25,34-37,46,64H,12,15-19,22-24,26-27H2,1-4H3,(H2,54,66)(H,55,75)(H,56,76)(H,57,65)(H,58,67)(H,59,77)(H,60,78)(H,71,72)(H,73,74)/t34-,35+,36+,37-,46+/m1/s1. The Labute approximate surface area is 445 Å². The number of carbonyl (C=O) groups is 12. The number of carboxylic acids is 2. The molecule has 0 aliphatic carbocycles. The monoisotopic (exact) mass is 1090 g/mol. The quantitative estimate of drug-likeness (QED) is 0.0298. The second-order valence-electron chi connectivity index (χ2n) is 19.1. The normalized spacial score (nSPS) is 14.0. The Hall–Kier alpha value is -8.88. The molecule has 0 bridgehead atoms. The number of benzene rings is 2. The van der Waals surface area contributed by atoms with Crippen molar-refractivity contribution in [2.75, 3.05) is 32.8 Å². The van der Waals surface area contributed by atoms with Crippen LogP contribution in [0.3, 0.4) is 0 Å². The average Bonchev–Trinajstić information content (AvgIpc) is 3.92. The van der Waals surface area contributed by atoms with E-state index in [1.54, 1.807) is 55.8 Å². The van der Waals surface area contributed by atoms with E-state index in [1.807, 2.05) is 12.1 Å². The van der Waals surface area contributed by atoms with Crippen LogP contribution >= 0.6 is 0 Å². The van der Waals surface area contributed by atoms with Gasteiger partial charge in [-0.25, -0.2) is 8.78 Å². The summed E-state index contributed by atoms with van der Waals surface area (Å²) >= 11 is 0. The number of aliphatic carboxylic acids is 2. The molecule has 2 aromatic carbocycles. The number of hydrogen-bond donors (Lipinski definition) is 10. The number of aliphatic hydroxyl groups excluding tert-OH is 1. The summed E-state index contributed by atoms with van der Waals surface area (Å²) in [4.78, 5) is 155. The van der Waals surface area contributed by atoms with Gasteiger partial charge in [0, 0.05) is 74.7 Å². The highest BCUT2D eigenvalue weighted by molar-refractivity contribution is 6.14. The van der Waals surface area contributed by atoms with Gasteiger partial charge in [-0.2, -0.15) is 0 Å². The smallest absolute Gasteiger partial charge is 0.305 e. The summed E-state index contributed by atoms with van der Waals surface area (Å²) in [5.41, 5.74) is 5.69. The number of nitrogens with two attached hydrogens (primary N) is 1. The van der Waals surface area contributed by atoms with E-state index in [-0.39, 0.29) is 17.7 Å². The van der Waals surface area contributed by atoms with Gasteiger partial charge in [-0.1, -0.05) is 51.1 Å². The first-order chi connectivity index (χ1) is 36.7. The Kier molecular flexibility index (Phi) is 22.4. The number of hydrogen-bond acceptors (Lipinski definition) is 13. The highest BCUT2D eigenvalue weighted by Crippen LogP contribution is 2.41. The number of aliphatic hydroxyl groups is 1. The molecule has 0 unspecified atom stereocenters. The van der Waals surface area contributed by atoms with Crippen LogP contribution < -0.4 is 37.6 Å². The maximum Gasteiger partial charge on any atom is 0.305 e. The molecular formula is C51H62F2N10O15. The molecule has 4 rings (SSSR count). The zero-order valence-electron chi connectivity index (χ0n) is 43.0. The van der Waals surface area contributed by atoms with Crippen molar-refractivity contribution >= 4 is 71.0 Å². The minimum absolute atomic E-state index is 0.110. The first kappa shape index (κ1) is 61.7. The number of halogens is 2. The molecule has 1 aromatic heterocycles. The van der Waals surface area contributed by atoms with E-state index in [4.69, 9.17) is 5.73 Å². The largest absolute Gasteiger partial charge is 0.481 e. The second-order valence-corrected chi connectivity index (χ2v) is 19.1. The van der Waals surface area contributed by atoms with Gasteiger partial charge in [-0.05, 0) is 48.1 Å². The summed E-state index contributed by atoms with van der Waals surface area (Å²) in [5, 5.41) is 43.0. The van der Waals surface area contributed by atoms with Crippen LogP contribution in [0, 0.1) is 17.0 Å². The molecule has 78 heavy (non-hydrogen) atoms. The molecule has 3 aromatic rings. The first-order valence-corrected chi connectivity index (χ1v) is 24.3. The van der Waals surface area contributed by atoms with Gasteiger partial charge < -0.3 is 62.4 Å². The lowest BCUT2D eigenvalue weighted by atomic mass is 9.82. The number of carbonyl (C=O) groups excluding carboxylic acids is 10. The predicted molar refractivity (Wildman–Crippen MR) is 269 cm³/mol. The zero-order valence-corrected chi connectivity index (χ0v) is 43.0. The van der Waals surface area contributed by atoms with E-state index in [0.29, 0.717) is 10.6 Å². The minimum atomic E-state index is -1.91. The Morgan fingerprint density at radius 1 is 0.718 bits per heavy atom. The molecule has 0 saturated carbocycles. The lowest BCUT2D eigenvalue weighted by Gasteiger charge is -2.41. The summed E-state index contributed by atoms with van der Waals surface area (Å²) in [5.74, 6) is -14.2. The molecule has 0 fully saturated rings. The molecule has 0 radical (unpaired) electrons. The van der Waals surface area contributed by atoms with Gasteiger partial charge in [-0.15, -0.1) is 0 Å². The van der Waals surface area contributed by atoms with Gasteiger partial charge >= 0.3 is 11.9 Å². The fourth-order valence-electron chi connectivity index (χ4n) is 8.35. The third-order valence-corrected chi connectivity index (χ3v) is 11.9. The molecular weight excluding hydrogens is 1030 g/mol. The van der Waals surface area contributed by atoms with Crippen LogP contribution in [0.1, 0.15) is 77.1 Å². The number of carboxylic acid groups (broad SMARTS) is 2. The Balaban J connectivity index is 1.70. The molecule has 420 valence electrons. The van der Waals surface area contributed by atoms with Crippen molar-refractivity contribution in [3.8, 4) is 11.1 Å². The Morgan fingerprint density at radius 3 is 1.83 bits per heavy atom. The van der Waals surface area contributed by atoms with Crippen LogP contribution in [-0.4, -0.2) is 158 Å². The van der Waals surface area contributed by atoms with Gasteiger partial charge in [0.25, 0.3) is 11.8 Å². The number of amides is 10. The summed E-state index contributed by atoms with van der Waals surface area (Å²) in [6.07, 6.45) is -0.0334. The number of imide groups is 1. The maximum atomic E-state index is 15.4. The third kappa shape index (κ3) is 18.4.